The molecule has 0 saturated heterocycles. The van der Waals surface area contributed by atoms with E-state index in [2.05, 4.69) is 31.1 Å². The Morgan fingerprint density at radius 3 is 2.24 bits per heavy atom. The number of carbonyl (C=O) groups is 1. The molecule has 0 aliphatic heterocycles. The largest absolute Gasteiger partial charge is 0.494 e. The van der Waals surface area contributed by atoms with E-state index in [4.69, 9.17) is 4.74 Å². The lowest BCUT2D eigenvalue weighted by molar-refractivity contribution is -0.121. The van der Waals surface area contributed by atoms with Gasteiger partial charge in [-0.25, -0.2) is 0 Å². The average molecular weight is 401 g/mol. The quantitative estimate of drug-likeness (QED) is 0.509. The summed E-state index contributed by atoms with van der Waals surface area (Å²) in [6.45, 7) is 13.1. The molecule has 1 aromatic carbocycles. The van der Waals surface area contributed by atoms with Crippen LogP contribution in [-0.2, 0) is 11.2 Å². The Morgan fingerprint density at radius 1 is 1.07 bits per heavy atom. The van der Waals surface area contributed by atoms with Gasteiger partial charge in [-0.15, -0.1) is 0 Å². The minimum absolute atomic E-state index is 0. The number of nitrogens with one attached hydrogen (secondary N) is 1. The third-order valence-electron chi connectivity index (χ3n) is 4.94. The number of nitrogens with zero attached hydrogens (tertiary/aromatic N) is 1. The van der Waals surface area contributed by atoms with Crippen molar-refractivity contribution >= 4 is 5.91 Å². The first kappa shape index (κ1) is 24.7. The molecule has 0 aliphatic carbocycles. The van der Waals surface area contributed by atoms with Gasteiger partial charge in [0.15, 0.2) is 0 Å². The molecule has 162 valence electrons. The fraction of sp³-hybridized carbons (Fsp3) is 0.520. The van der Waals surface area contributed by atoms with E-state index in [9.17, 15) is 4.79 Å². The van der Waals surface area contributed by atoms with Crippen LogP contribution < -0.4 is 10.1 Å². The SMILES string of the molecule is CC.CCCC(CC)[C@@H](C)NC(=O)Cc1ccc(-c2ccc(OCC)cc2)cn1.[HH]. The van der Waals surface area contributed by atoms with Gasteiger partial charge in [-0.2, -0.15) is 0 Å². The smallest absolute Gasteiger partial charge is 0.226 e. The Morgan fingerprint density at radius 2 is 1.72 bits per heavy atom. The van der Waals surface area contributed by atoms with E-state index in [1.807, 2.05) is 63.4 Å². The van der Waals surface area contributed by atoms with Crippen molar-refractivity contribution in [2.24, 2.45) is 5.92 Å². The first-order valence-electron chi connectivity index (χ1n) is 11.0. The molecule has 0 bridgehead atoms. The third-order valence-corrected chi connectivity index (χ3v) is 4.94. The second-order valence-corrected chi connectivity index (χ2v) is 6.99. The summed E-state index contributed by atoms with van der Waals surface area (Å²) >= 11 is 0. The molecule has 0 fully saturated rings. The number of pyridine rings is 1. The maximum atomic E-state index is 12.3. The number of hydrogen-bond acceptors (Lipinski definition) is 3. The lowest BCUT2D eigenvalue weighted by Gasteiger charge is -2.23. The van der Waals surface area contributed by atoms with Crippen LogP contribution in [0.5, 0.6) is 5.75 Å². The molecule has 4 nitrogen and oxygen atoms in total. The lowest BCUT2D eigenvalue weighted by atomic mass is 9.93. The maximum absolute atomic E-state index is 12.3. The summed E-state index contributed by atoms with van der Waals surface area (Å²) in [5, 5.41) is 3.14. The Labute approximate surface area is 178 Å². The van der Waals surface area contributed by atoms with Gasteiger partial charge in [0.05, 0.1) is 13.0 Å². The number of ether oxygens (including phenoxy) is 1. The fourth-order valence-electron chi connectivity index (χ4n) is 3.38. The molecule has 1 N–H and O–H groups in total. The number of hydrogen-bond donors (Lipinski definition) is 1. The molecule has 2 rings (SSSR count). The van der Waals surface area contributed by atoms with Gasteiger partial charge in [-0.05, 0) is 49.9 Å². The van der Waals surface area contributed by atoms with Gasteiger partial charge in [0.1, 0.15) is 5.75 Å². The minimum atomic E-state index is 0. The van der Waals surface area contributed by atoms with Gasteiger partial charge in [-0.1, -0.05) is 58.7 Å². The first-order valence-corrected chi connectivity index (χ1v) is 11.0. The topological polar surface area (TPSA) is 51.2 Å². The zero-order chi connectivity index (χ0) is 21.6. The summed E-state index contributed by atoms with van der Waals surface area (Å²) in [6, 6.07) is 12.1. The monoisotopic (exact) mass is 400 g/mol. The highest BCUT2D eigenvalue weighted by atomic mass is 16.5. The standard InChI is InChI=1S/C23H32N2O2.C2H6.H2/c1-5-8-18(6-2)17(4)25-23(26)15-21-12-9-20(16-24-21)19-10-13-22(14-11-19)27-7-3;1-2;/h9-14,16-18H,5-8,15H2,1-4H3,(H,25,26);1-2H3;1H/t17-,18?;;/m1../s1. The number of rotatable bonds is 10. The van der Waals surface area contributed by atoms with Crippen LogP contribution in [0.4, 0.5) is 0 Å². The zero-order valence-electron chi connectivity index (χ0n) is 19.0. The van der Waals surface area contributed by atoms with Gasteiger partial charge < -0.3 is 10.1 Å². The van der Waals surface area contributed by atoms with Crippen molar-refractivity contribution in [3.8, 4) is 16.9 Å². The second-order valence-electron chi connectivity index (χ2n) is 6.99. The molecule has 0 aliphatic rings. The molecule has 0 spiro atoms. The van der Waals surface area contributed by atoms with E-state index in [1.54, 1.807) is 0 Å². The van der Waals surface area contributed by atoms with Gasteiger partial charge in [0.2, 0.25) is 5.91 Å². The first-order chi connectivity index (χ1) is 14.1. The molecule has 2 aromatic rings. The maximum Gasteiger partial charge on any atom is 0.226 e. The summed E-state index contributed by atoms with van der Waals surface area (Å²) in [5.74, 6) is 1.44. The summed E-state index contributed by atoms with van der Waals surface area (Å²) in [5.41, 5.74) is 2.91. The van der Waals surface area contributed by atoms with Crippen LogP contribution in [0.25, 0.3) is 11.1 Å². The van der Waals surface area contributed by atoms with E-state index >= 15 is 0 Å². The molecule has 1 heterocycles. The average Bonchev–Trinajstić information content (AvgIpc) is 2.74. The molecular formula is C25H40N2O2. The van der Waals surface area contributed by atoms with Crippen molar-refractivity contribution < 1.29 is 11.0 Å². The van der Waals surface area contributed by atoms with Crippen LogP contribution in [0, 0.1) is 5.92 Å². The Bertz CT molecular complexity index is 702. The predicted molar refractivity (Wildman–Crippen MR) is 124 cm³/mol. The van der Waals surface area contributed by atoms with Crippen LogP contribution in [0.3, 0.4) is 0 Å². The predicted octanol–water partition coefficient (Wildman–Crippen LogP) is 6.29. The van der Waals surface area contributed by atoms with Crippen molar-refractivity contribution in [3.05, 3.63) is 48.3 Å². The van der Waals surface area contributed by atoms with Gasteiger partial charge in [0, 0.05) is 24.9 Å². The van der Waals surface area contributed by atoms with Crippen molar-refractivity contribution in [3.63, 3.8) is 0 Å². The van der Waals surface area contributed by atoms with E-state index < -0.39 is 0 Å². The lowest BCUT2D eigenvalue weighted by Crippen LogP contribution is -2.38. The highest BCUT2D eigenvalue weighted by Crippen LogP contribution is 2.22. The van der Waals surface area contributed by atoms with E-state index in [0.29, 0.717) is 18.9 Å². The molecule has 2 atom stereocenters. The summed E-state index contributed by atoms with van der Waals surface area (Å²) in [7, 11) is 0. The molecule has 1 aromatic heterocycles. The number of carbonyl (C=O) groups excluding carboxylic acids is 1. The Balaban J connectivity index is 0.00000272. The van der Waals surface area contributed by atoms with E-state index in [-0.39, 0.29) is 13.4 Å². The van der Waals surface area contributed by atoms with Crippen LogP contribution in [0.2, 0.25) is 0 Å². The molecule has 4 heteroatoms. The van der Waals surface area contributed by atoms with Crippen molar-refractivity contribution in [2.45, 2.75) is 73.3 Å². The Kier molecular flexibility index (Phi) is 11.7. The van der Waals surface area contributed by atoms with Crippen molar-refractivity contribution in [1.29, 1.82) is 0 Å². The van der Waals surface area contributed by atoms with Crippen LogP contribution in [-0.4, -0.2) is 23.5 Å². The second kappa shape index (κ2) is 13.8. The normalized spacial score (nSPS) is 12.3. The number of amides is 1. The van der Waals surface area contributed by atoms with Crippen LogP contribution in [0.15, 0.2) is 42.6 Å². The summed E-state index contributed by atoms with van der Waals surface area (Å²) in [4.78, 5) is 16.8. The van der Waals surface area contributed by atoms with Crippen molar-refractivity contribution in [2.75, 3.05) is 6.61 Å². The molecule has 0 radical (unpaired) electrons. The number of benzene rings is 1. The molecule has 1 unspecified atom stereocenters. The van der Waals surface area contributed by atoms with Crippen LogP contribution >= 0.6 is 0 Å². The third kappa shape index (κ3) is 8.26. The minimum Gasteiger partial charge on any atom is -0.494 e. The highest BCUT2D eigenvalue weighted by Gasteiger charge is 2.17. The molecule has 0 saturated carbocycles. The molecule has 29 heavy (non-hydrogen) atoms. The van der Waals surface area contributed by atoms with Gasteiger partial charge in [0.25, 0.3) is 0 Å². The summed E-state index contributed by atoms with van der Waals surface area (Å²) in [6.07, 6.45) is 5.52. The molecule has 1 amide bonds. The van der Waals surface area contributed by atoms with Crippen molar-refractivity contribution in [1.82, 2.24) is 10.3 Å². The molecular weight excluding hydrogens is 360 g/mol. The van der Waals surface area contributed by atoms with Gasteiger partial charge >= 0.3 is 0 Å². The Hall–Kier alpha value is -2.36. The summed E-state index contributed by atoms with van der Waals surface area (Å²) < 4.78 is 5.47. The zero-order valence-corrected chi connectivity index (χ0v) is 19.0. The van der Waals surface area contributed by atoms with E-state index in [1.165, 1.54) is 0 Å². The van der Waals surface area contributed by atoms with Gasteiger partial charge in [-0.3, -0.25) is 9.78 Å². The van der Waals surface area contributed by atoms with E-state index in [0.717, 1.165) is 41.8 Å². The van der Waals surface area contributed by atoms with Crippen LogP contribution in [0.1, 0.15) is 67.9 Å². The number of aromatic nitrogens is 1. The fourth-order valence-corrected chi connectivity index (χ4v) is 3.38. The highest BCUT2D eigenvalue weighted by molar-refractivity contribution is 5.78.